The minimum absolute atomic E-state index is 0.127. The SMILES string of the molecule is Cc1nc(CN2CCCC(NC(=O)C(C)(C)C)C2)co1. The predicted octanol–water partition coefficient (Wildman–Crippen LogP) is 2.11. The van der Waals surface area contributed by atoms with Gasteiger partial charge in [0.05, 0.1) is 5.69 Å². The van der Waals surface area contributed by atoms with Crippen LogP contribution in [-0.2, 0) is 11.3 Å². The number of piperidine rings is 1. The van der Waals surface area contributed by atoms with Crippen molar-refractivity contribution in [2.45, 2.75) is 53.1 Å². The summed E-state index contributed by atoms with van der Waals surface area (Å²) in [7, 11) is 0. The molecule has 1 fully saturated rings. The largest absolute Gasteiger partial charge is 0.449 e. The first-order valence-electron chi connectivity index (χ1n) is 7.29. The molecule has 1 aromatic rings. The number of hydrogen-bond donors (Lipinski definition) is 1. The molecule has 2 rings (SSSR count). The third-order valence-corrected chi connectivity index (χ3v) is 3.57. The van der Waals surface area contributed by atoms with Crippen LogP contribution in [0.3, 0.4) is 0 Å². The lowest BCUT2D eigenvalue weighted by Crippen LogP contribution is -2.50. The van der Waals surface area contributed by atoms with E-state index in [0.29, 0.717) is 5.89 Å². The van der Waals surface area contributed by atoms with Crippen LogP contribution in [0.5, 0.6) is 0 Å². The molecule has 1 amide bonds. The second-order valence-electron chi connectivity index (χ2n) is 6.66. The Kier molecular flexibility index (Phi) is 4.48. The third kappa shape index (κ3) is 4.07. The van der Waals surface area contributed by atoms with Gasteiger partial charge < -0.3 is 9.73 Å². The van der Waals surface area contributed by atoms with E-state index in [0.717, 1.165) is 38.2 Å². The van der Waals surface area contributed by atoms with Gasteiger partial charge in [0.1, 0.15) is 6.26 Å². The number of carbonyl (C=O) groups is 1. The summed E-state index contributed by atoms with van der Waals surface area (Å²) in [6.07, 6.45) is 3.87. The molecule has 2 heterocycles. The highest BCUT2D eigenvalue weighted by Gasteiger charge is 2.27. The first-order chi connectivity index (χ1) is 9.34. The Morgan fingerprint density at radius 3 is 2.90 bits per heavy atom. The van der Waals surface area contributed by atoms with E-state index in [1.54, 1.807) is 6.26 Å². The molecule has 0 saturated carbocycles. The lowest BCUT2D eigenvalue weighted by atomic mass is 9.94. The van der Waals surface area contributed by atoms with Crippen LogP contribution in [0.1, 0.15) is 45.2 Å². The molecule has 1 aliphatic heterocycles. The van der Waals surface area contributed by atoms with E-state index in [1.807, 2.05) is 27.7 Å². The zero-order chi connectivity index (χ0) is 14.8. The Labute approximate surface area is 120 Å². The van der Waals surface area contributed by atoms with Crippen molar-refractivity contribution >= 4 is 5.91 Å². The van der Waals surface area contributed by atoms with Crippen molar-refractivity contribution in [3.05, 3.63) is 17.8 Å². The molecule has 0 aliphatic carbocycles. The van der Waals surface area contributed by atoms with Crippen LogP contribution in [0.2, 0.25) is 0 Å². The van der Waals surface area contributed by atoms with Crippen LogP contribution in [0.25, 0.3) is 0 Å². The number of nitrogens with one attached hydrogen (secondary N) is 1. The van der Waals surface area contributed by atoms with Crippen LogP contribution < -0.4 is 5.32 Å². The monoisotopic (exact) mass is 279 g/mol. The van der Waals surface area contributed by atoms with Gasteiger partial charge in [0.25, 0.3) is 0 Å². The molecular weight excluding hydrogens is 254 g/mol. The summed E-state index contributed by atoms with van der Waals surface area (Å²) in [5.41, 5.74) is 0.635. The second kappa shape index (κ2) is 5.95. The highest BCUT2D eigenvalue weighted by Crippen LogP contribution is 2.17. The van der Waals surface area contributed by atoms with Crippen molar-refractivity contribution in [1.82, 2.24) is 15.2 Å². The Morgan fingerprint density at radius 2 is 2.30 bits per heavy atom. The molecule has 112 valence electrons. The van der Waals surface area contributed by atoms with E-state index in [9.17, 15) is 4.79 Å². The maximum Gasteiger partial charge on any atom is 0.225 e. The van der Waals surface area contributed by atoms with Gasteiger partial charge in [-0.05, 0) is 19.4 Å². The average Bonchev–Trinajstić information content (AvgIpc) is 2.74. The molecule has 1 N–H and O–H groups in total. The fourth-order valence-electron chi connectivity index (χ4n) is 2.43. The standard InChI is InChI=1S/C15H25N3O2/c1-11-16-13(10-20-11)9-18-7-5-6-12(8-18)17-14(19)15(2,3)4/h10,12H,5-9H2,1-4H3,(H,17,19). The molecule has 1 aromatic heterocycles. The van der Waals surface area contributed by atoms with Crippen molar-refractivity contribution in [3.63, 3.8) is 0 Å². The van der Waals surface area contributed by atoms with Gasteiger partial charge in [-0.3, -0.25) is 9.69 Å². The molecule has 20 heavy (non-hydrogen) atoms. The molecule has 5 heteroatoms. The van der Waals surface area contributed by atoms with Crippen LogP contribution >= 0.6 is 0 Å². The van der Waals surface area contributed by atoms with Gasteiger partial charge in [0.2, 0.25) is 5.91 Å². The summed E-state index contributed by atoms with van der Waals surface area (Å²) in [5.74, 6) is 0.830. The normalized spacial score (nSPS) is 20.9. The molecule has 0 spiro atoms. The fraction of sp³-hybridized carbons (Fsp3) is 0.733. The third-order valence-electron chi connectivity index (χ3n) is 3.57. The Hall–Kier alpha value is -1.36. The van der Waals surface area contributed by atoms with Gasteiger partial charge >= 0.3 is 0 Å². The van der Waals surface area contributed by atoms with Gasteiger partial charge in [0.15, 0.2) is 5.89 Å². The topological polar surface area (TPSA) is 58.4 Å². The van der Waals surface area contributed by atoms with Crippen LogP contribution in [0.4, 0.5) is 0 Å². The number of aryl methyl sites for hydroxylation is 1. The number of amides is 1. The molecule has 0 aromatic carbocycles. The summed E-state index contributed by atoms with van der Waals surface area (Å²) in [6, 6.07) is 0.239. The van der Waals surface area contributed by atoms with Crippen LogP contribution in [0, 0.1) is 12.3 Å². The fourth-order valence-corrected chi connectivity index (χ4v) is 2.43. The molecule has 1 saturated heterocycles. The van der Waals surface area contributed by atoms with Crippen molar-refractivity contribution in [3.8, 4) is 0 Å². The number of rotatable bonds is 3. The first kappa shape index (κ1) is 15.0. The Balaban J connectivity index is 1.87. The van der Waals surface area contributed by atoms with Gasteiger partial charge in [-0.1, -0.05) is 20.8 Å². The second-order valence-corrected chi connectivity index (χ2v) is 6.66. The number of nitrogens with zero attached hydrogens (tertiary/aromatic N) is 2. The molecule has 0 radical (unpaired) electrons. The van der Waals surface area contributed by atoms with E-state index in [1.165, 1.54) is 0 Å². The Morgan fingerprint density at radius 1 is 1.55 bits per heavy atom. The number of oxazole rings is 1. The summed E-state index contributed by atoms with van der Waals surface area (Å²) in [5, 5.41) is 3.16. The first-order valence-corrected chi connectivity index (χ1v) is 7.29. The van der Waals surface area contributed by atoms with Crippen LogP contribution in [-0.4, -0.2) is 34.9 Å². The molecule has 0 bridgehead atoms. The van der Waals surface area contributed by atoms with Gasteiger partial charge in [-0.25, -0.2) is 4.98 Å². The lowest BCUT2D eigenvalue weighted by molar-refractivity contribution is -0.129. The molecule has 1 unspecified atom stereocenters. The minimum Gasteiger partial charge on any atom is -0.449 e. The summed E-state index contributed by atoms with van der Waals surface area (Å²) < 4.78 is 5.23. The molecule has 1 aliphatic rings. The van der Waals surface area contributed by atoms with E-state index in [4.69, 9.17) is 4.42 Å². The zero-order valence-corrected chi connectivity index (χ0v) is 12.9. The maximum absolute atomic E-state index is 12.0. The van der Waals surface area contributed by atoms with Crippen molar-refractivity contribution < 1.29 is 9.21 Å². The van der Waals surface area contributed by atoms with Crippen molar-refractivity contribution in [2.75, 3.05) is 13.1 Å². The van der Waals surface area contributed by atoms with E-state index < -0.39 is 0 Å². The summed E-state index contributed by atoms with van der Waals surface area (Å²) in [4.78, 5) is 18.7. The van der Waals surface area contributed by atoms with Crippen molar-refractivity contribution in [2.24, 2.45) is 5.41 Å². The van der Waals surface area contributed by atoms with Gasteiger partial charge in [-0.15, -0.1) is 0 Å². The quantitative estimate of drug-likeness (QED) is 0.920. The lowest BCUT2D eigenvalue weighted by Gasteiger charge is -2.34. The summed E-state index contributed by atoms with van der Waals surface area (Å²) >= 11 is 0. The number of carbonyl (C=O) groups excluding carboxylic acids is 1. The predicted molar refractivity (Wildman–Crippen MR) is 77.1 cm³/mol. The number of hydrogen-bond acceptors (Lipinski definition) is 4. The van der Waals surface area contributed by atoms with Crippen molar-refractivity contribution in [1.29, 1.82) is 0 Å². The van der Waals surface area contributed by atoms with Crippen LogP contribution in [0.15, 0.2) is 10.7 Å². The minimum atomic E-state index is -0.328. The van der Waals surface area contributed by atoms with Gasteiger partial charge in [-0.2, -0.15) is 0 Å². The number of aromatic nitrogens is 1. The smallest absolute Gasteiger partial charge is 0.225 e. The van der Waals surface area contributed by atoms with Gasteiger partial charge in [0, 0.05) is 31.5 Å². The van der Waals surface area contributed by atoms with E-state index in [-0.39, 0.29) is 17.4 Å². The highest BCUT2D eigenvalue weighted by atomic mass is 16.3. The maximum atomic E-state index is 12.0. The summed E-state index contributed by atoms with van der Waals surface area (Å²) in [6.45, 7) is 10.4. The van der Waals surface area contributed by atoms with E-state index in [2.05, 4.69) is 15.2 Å². The Bertz CT molecular complexity index is 462. The highest BCUT2D eigenvalue weighted by molar-refractivity contribution is 5.81. The molecular formula is C15H25N3O2. The molecule has 1 atom stereocenters. The van der Waals surface area contributed by atoms with E-state index >= 15 is 0 Å². The molecule has 5 nitrogen and oxygen atoms in total. The average molecular weight is 279 g/mol. The number of likely N-dealkylation sites (tertiary alicyclic amines) is 1. The zero-order valence-electron chi connectivity index (χ0n) is 12.9.